The van der Waals surface area contributed by atoms with Crippen LogP contribution in [0.3, 0.4) is 0 Å². The Balaban J connectivity index is 2.42. The lowest BCUT2D eigenvalue weighted by molar-refractivity contribution is -0.305. The molecule has 0 aromatic heterocycles. The van der Waals surface area contributed by atoms with Gasteiger partial charge >= 0.3 is 11.9 Å². The molecule has 0 saturated carbocycles. The first kappa shape index (κ1) is 50.7. The van der Waals surface area contributed by atoms with Crippen molar-refractivity contribution in [3.05, 3.63) is 48.6 Å². The summed E-state index contributed by atoms with van der Waals surface area (Å²) in [6, 6.07) is 0. The molecule has 1 heterocycles. The van der Waals surface area contributed by atoms with Gasteiger partial charge in [0.15, 0.2) is 12.4 Å². The molecule has 0 spiro atoms. The molecule has 0 aromatic rings. The number of unbranched alkanes of at least 4 members (excludes halogenated alkanes) is 20. The molecule has 55 heavy (non-hydrogen) atoms. The highest BCUT2D eigenvalue weighted by Gasteiger charge is 2.44. The van der Waals surface area contributed by atoms with Crippen LogP contribution >= 0.6 is 0 Å². The summed E-state index contributed by atoms with van der Waals surface area (Å²) < 4.78 is 21.9. The minimum Gasteiger partial charge on any atom is -0.458 e. The second-order valence-electron chi connectivity index (χ2n) is 14.9. The summed E-state index contributed by atoms with van der Waals surface area (Å²) in [7, 11) is 0. The van der Waals surface area contributed by atoms with Crippen molar-refractivity contribution in [3.8, 4) is 0 Å². The first-order chi connectivity index (χ1) is 26.8. The van der Waals surface area contributed by atoms with Gasteiger partial charge in [0.2, 0.25) is 0 Å². The van der Waals surface area contributed by atoms with Crippen LogP contribution < -0.4 is 0 Å². The average molecular weight is 779 g/mol. The van der Waals surface area contributed by atoms with Gasteiger partial charge in [-0.1, -0.05) is 159 Å². The quantitative estimate of drug-likeness (QED) is 0.0213. The molecule has 4 N–H and O–H groups in total. The first-order valence-corrected chi connectivity index (χ1v) is 21.8. The van der Waals surface area contributed by atoms with Crippen LogP contribution in [0.15, 0.2) is 48.6 Å². The van der Waals surface area contributed by atoms with Gasteiger partial charge in [-0.15, -0.1) is 0 Å². The third-order valence-corrected chi connectivity index (χ3v) is 9.82. The van der Waals surface area contributed by atoms with E-state index >= 15 is 0 Å². The number of ether oxygens (including phenoxy) is 4. The fraction of sp³-hybridized carbons (Fsp3) is 0.778. The topological polar surface area (TPSA) is 152 Å². The lowest BCUT2D eigenvalue weighted by atomic mass is 9.99. The summed E-state index contributed by atoms with van der Waals surface area (Å²) in [5.41, 5.74) is 0. The lowest BCUT2D eigenvalue weighted by Crippen LogP contribution is -2.59. The van der Waals surface area contributed by atoms with E-state index in [1.165, 1.54) is 96.0 Å². The Hall–Kier alpha value is -2.34. The fourth-order valence-electron chi connectivity index (χ4n) is 6.33. The van der Waals surface area contributed by atoms with E-state index in [1.807, 2.05) is 12.2 Å². The summed E-state index contributed by atoms with van der Waals surface area (Å²) >= 11 is 0. The molecule has 1 saturated heterocycles. The van der Waals surface area contributed by atoms with Crippen LogP contribution in [0.1, 0.15) is 168 Å². The molecule has 1 fully saturated rings. The molecule has 0 aromatic carbocycles. The van der Waals surface area contributed by atoms with Crippen molar-refractivity contribution in [1.29, 1.82) is 0 Å². The third kappa shape index (κ3) is 27.8. The molecule has 10 nitrogen and oxygen atoms in total. The van der Waals surface area contributed by atoms with E-state index < -0.39 is 55.4 Å². The molecule has 0 aliphatic carbocycles. The Bertz CT molecular complexity index is 1040. The van der Waals surface area contributed by atoms with Crippen molar-refractivity contribution in [1.82, 2.24) is 0 Å². The van der Waals surface area contributed by atoms with E-state index in [0.717, 1.165) is 51.4 Å². The van der Waals surface area contributed by atoms with E-state index in [-0.39, 0.29) is 19.6 Å². The van der Waals surface area contributed by atoms with Gasteiger partial charge in [-0.2, -0.15) is 0 Å². The number of allylic oxidation sites excluding steroid dienone is 7. The SMILES string of the molecule is CCCCCC/C=C/C=C/CCCCCCCC(=O)O[C@@H](COC(=O)/C=C/C=C/CCCCCCCCCCCCC)CO[C@H]1O[C@@H](CO)[C@@H](O)C(O)C1O. The van der Waals surface area contributed by atoms with Gasteiger partial charge in [0.25, 0.3) is 0 Å². The van der Waals surface area contributed by atoms with Crippen molar-refractivity contribution < 1.29 is 49.0 Å². The molecule has 6 atom stereocenters. The summed E-state index contributed by atoms with van der Waals surface area (Å²) in [5.74, 6) is -1.08. The predicted octanol–water partition coefficient (Wildman–Crippen LogP) is 8.88. The van der Waals surface area contributed by atoms with Crippen LogP contribution in [0.4, 0.5) is 0 Å². The van der Waals surface area contributed by atoms with E-state index in [2.05, 4.69) is 38.2 Å². The molecule has 1 aliphatic heterocycles. The number of carbonyl (C=O) groups excluding carboxylic acids is 2. The molecule has 1 rings (SSSR count). The zero-order chi connectivity index (χ0) is 40.2. The van der Waals surface area contributed by atoms with Crippen LogP contribution in [-0.2, 0) is 28.5 Å². The summed E-state index contributed by atoms with van der Waals surface area (Å²) in [5, 5.41) is 40.0. The molecular weight excluding hydrogens is 700 g/mol. The number of esters is 2. The van der Waals surface area contributed by atoms with Crippen LogP contribution in [-0.4, -0.2) is 89.0 Å². The molecule has 2 unspecified atom stereocenters. The van der Waals surface area contributed by atoms with E-state index in [1.54, 1.807) is 6.08 Å². The monoisotopic (exact) mass is 779 g/mol. The maximum absolute atomic E-state index is 12.7. The zero-order valence-electron chi connectivity index (χ0n) is 34.4. The third-order valence-electron chi connectivity index (χ3n) is 9.82. The van der Waals surface area contributed by atoms with Gasteiger partial charge in [0.1, 0.15) is 31.0 Å². The van der Waals surface area contributed by atoms with Gasteiger partial charge in [0.05, 0.1) is 13.2 Å². The Kier molecular flexibility index (Phi) is 33.2. The average Bonchev–Trinajstić information content (AvgIpc) is 3.18. The number of carbonyl (C=O) groups is 2. The Morgan fingerprint density at radius 3 is 1.60 bits per heavy atom. The smallest absolute Gasteiger partial charge is 0.330 e. The van der Waals surface area contributed by atoms with Crippen LogP contribution in [0.5, 0.6) is 0 Å². The van der Waals surface area contributed by atoms with Crippen LogP contribution in [0, 0.1) is 0 Å². The number of rotatable bonds is 35. The summed E-state index contributed by atoms with van der Waals surface area (Å²) in [6.45, 7) is 3.26. The maximum Gasteiger partial charge on any atom is 0.330 e. The Labute approximate surface area is 333 Å². The number of hydrogen-bond acceptors (Lipinski definition) is 10. The second-order valence-corrected chi connectivity index (χ2v) is 14.9. The van der Waals surface area contributed by atoms with Crippen molar-refractivity contribution in [2.45, 2.75) is 205 Å². The van der Waals surface area contributed by atoms with E-state index in [4.69, 9.17) is 18.9 Å². The van der Waals surface area contributed by atoms with Gasteiger partial charge in [0, 0.05) is 12.5 Å². The second kappa shape index (κ2) is 36.0. The highest BCUT2D eigenvalue weighted by Crippen LogP contribution is 2.22. The van der Waals surface area contributed by atoms with Gasteiger partial charge < -0.3 is 39.4 Å². The molecular formula is C45H78O10. The van der Waals surface area contributed by atoms with Gasteiger partial charge in [-0.25, -0.2) is 4.79 Å². The zero-order valence-corrected chi connectivity index (χ0v) is 34.4. The van der Waals surface area contributed by atoms with Gasteiger partial charge in [-0.3, -0.25) is 4.79 Å². The molecule has 0 amide bonds. The molecule has 1 aliphatic rings. The molecule has 10 heteroatoms. The molecule has 0 radical (unpaired) electrons. The van der Waals surface area contributed by atoms with Crippen LogP contribution in [0.2, 0.25) is 0 Å². The Morgan fingerprint density at radius 2 is 1.07 bits per heavy atom. The predicted molar refractivity (Wildman–Crippen MR) is 219 cm³/mol. The largest absolute Gasteiger partial charge is 0.458 e. The standard InChI is InChI=1S/C45H78O10/c1-3-5-7-9-11-13-15-17-19-21-23-25-27-29-31-33-40(47)52-36-38(37-53-45-44(51)43(50)42(49)39(35-46)55-45)54-41(48)34-32-30-28-26-24-22-20-18-16-14-12-10-8-6-4-2/h14,16,18,20,27,29,31,33,38-39,42-46,49-51H,3-13,15,17,19,21-26,28,30,32,34-37H2,1-2H3/b16-14+,20-18+,29-27+,33-31+/t38-,39-,42+,43?,44?,45-/m0/s1. The van der Waals surface area contributed by atoms with E-state index in [0.29, 0.717) is 6.42 Å². The first-order valence-electron chi connectivity index (χ1n) is 21.8. The van der Waals surface area contributed by atoms with Gasteiger partial charge in [-0.05, 0) is 44.9 Å². The van der Waals surface area contributed by atoms with Crippen molar-refractivity contribution in [3.63, 3.8) is 0 Å². The lowest BCUT2D eigenvalue weighted by Gasteiger charge is -2.39. The summed E-state index contributed by atoms with van der Waals surface area (Å²) in [4.78, 5) is 25.2. The number of aliphatic hydroxyl groups is 4. The van der Waals surface area contributed by atoms with Crippen molar-refractivity contribution in [2.24, 2.45) is 0 Å². The highest BCUT2D eigenvalue weighted by molar-refractivity contribution is 5.82. The minimum atomic E-state index is -1.61. The normalized spacial score (nSPS) is 21.0. The molecule has 318 valence electrons. The van der Waals surface area contributed by atoms with Crippen molar-refractivity contribution in [2.75, 3.05) is 19.8 Å². The molecule has 0 bridgehead atoms. The Morgan fingerprint density at radius 1 is 0.600 bits per heavy atom. The fourth-order valence-corrected chi connectivity index (χ4v) is 6.33. The summed E-state index contributed by atoms with van der Waals surface area (Å²) in [6.07, 6.45) is 34.6. The number of hydrogen-bond donors (Lipinski definition) is 4. The van der Waals surface area contributed by atoms with E-state index in [9.17, 15) is 30.0 Å². The number of aliphatic hydroxyl groups excluding tert-OH is 4. The van der Waals surface area contributed by atoms with Crippen molar-refractivity contribution >= 4 is 11.9 Å². The highest BCUT2D eigenvalue weighted by atomic mass is 16.7. The minimum absolute atomic E-state index is 0.192. The van der Waals surface area contributed by atoms with Crippen LogP contribution in [0.25, 0.3) is 0 Å². The maximum atomic E-state index is 12.7.